The van der Waals surface area contributed by atoms with E-state index in [9.17, 15) is 14.7 Å². The molecule has 1 aromatic heterocycles. The molecule has 0 saturated carbocycles. The van der Waals surface area contributed by atoms with E-state index in [0.717, 1.165) is 27.6 Å². The van der Waals surface area contributed by atoms with Crippen molar-refractivity contribution in [1.82, 2.24) is 14.4 Å². The Morgan fingerprint density at radius 1 is 1.20 bits per heavy atom. The van der Waals surface area contributed by atoms with Gasteiger partial charge in [0.25, 0.3) is 5.91 Å². The lowest BCUT2D eigenvalue weighted by atomic mass is 9.96. The highest BCUT2D eigenvalue weighted by atomic mass is 16.5. The predicted octanol–water partition coefficient (Wildman–Crippen LogP) is 3.68. The van der Waals surface area contributed by atoms with Crippen LogP contribution in [0.4, 0.5) is 0 Å². The fourth-order valence-corrected chi connectivity index (χ4v) is 4.92. The maximum absolute atomic E-state index is 14.2. The van der Waals surface area contributed by atoms with E-state index in [2.05, 4.69) is 0 Å². The number of benzene rings is 2. The topological polar surface area (TPSA) is 75.0 Å². The summed E-state index contributed by atoms with van der Waals surface area (Å²) in [6.45, 7) is 6.47. The lowest BCUT2D eigenvalue weighted by molar-refractivity contribution is -0.130. The van der Waals surface area contributed by atoms with Crippen LogP contribution in [0, 0.1) is 5.92 Å². The number of aryl methyl sites for hydroxylation is 1. The molecule has 0 fully saturated rings. The molecule has 0 bridgehead atoms. The Labute approximate surface area is 206 Å². The van der Waals surface area contributed by atoms with Crippen LogP contribution in [0.1, 0.15) is 36.8 Å². The molecule has 3 atom stereocenters. The number of rotatable bonds is 4. The summed E-state index contributed by atoms with van der Waals surface area (Å²) in [6, 6.07) is 15.7. The summed E-state index contributed by atoms with van der Waals surface area (Å²) in [5.74, 6) is -0.230. The normalized spacial score (nSPS) is 19.6. The zero-order valence-electron chi connectivity index (χ0n) is 21.2. The minimum absolute atomic E-state index is 0.0361. The van der Waals surface area contributed by atoms with Crippen LogP contribution in [-0.4, -0.2) is 70.2 Å². The summed E-state index contributed by atoms with van der Waals surface area (Å²) in [5.41, 5.74) is 4.41. The van der Waals surface area contributed by atoms with Crippen molar-refractivity contribution < 1.29 is 19.4 Å². The third kappa shape index (κ3) is 4.70. The molecule has 0 aliphatic carbocycles. The molecule has 1 aliphatic heterocycles. The molecule has 0 unspecified atom stereocenters. The van der Waals surface area contributed by atoms with Crippen molar-refractivity contribution in [3.8, 4) is 11.1 Å². The molecule has 2 heterocycles. The minimum Gasteiger partial charge on any atom is -0.394 e. The highest BCUT2D eigenvalue weighted by molar-refractivity contribution is 6.10. The number of aromatic nitrogens is 1. The zero-order valence-corrected chi connectivity index (χ0v) is 21.2. The number of amides is 2. The fraction of sp³-hybridized carbons (Fsp3) is 0.429. The quantitative estimate of drug-likeness (QED) is 0.622. The second-order valence-electron chi connectivity index (χ2n) is 9.67. The van der Waals surface area contributed by atoms with Gasteiger partial charge in [0, 0.05) is 56.5 Å². The van der Waals surface area contributed by atoms with Crippen LogP contribution in [0.5, 0.6) is 0 Å². The van der Waals surface area contributed by atoms with Crippen LogP contribution in [0.3, 0.4) is 0 Å². The van der Waals surface area contributed by atoms with Gasteiger partial charge in [-0.2, -0.15) is 0 Å². The molecule has 7 nitrogen and oxygen atoms in total. The van der Waals surface area contributed by atoms with E-state index in [4.69, 9.17) is 4.74 Å². The second kappa shape index (κ2) is 10.2. The van der Waals surface area contributed by atoms with Gasteiger partial charge in [0.05, 0.1) is 25.4 Å². The van der Waals surface area contributed by atoms with E-state index in [1.54, 1.807) is 16.8 Å². The van der Waals surface area contributed by atoms with Gasteiger partial charge in [-0.25, -0.2) is 0 Å². The number of aliphatic hydroxyl groups is 1. The third-order valence-electron chi connectivity index (χ3n) is 7.22. The van der Waals surface area contributed by atoms with E-state index in [1.807, 2.05) is 74.0 Å². The lowest BCUT2D eigenvalue weighted by Crippen LogP contribution is -2.47. The first kappa shape index (κ1) is 24.9. The van der Waals surface area contributed by atoms with E-state index < -0.39 is 0 Å². The summed E-state index contributed by atoms with van der Waals surface area (Å²) in [6.07, 6.45) is -0.281. The summed E-state index contributed by atoms with van der Waals surface area (Å²) < 4.78 is 8.43. The Kier molecular flexibility index (Phi) is 7.28. The molecule has 4 rings (SSSR count). The number of para-hydroxylation sites is 1. The summed E-state index contributed by atoms with van der Waals surface area (Å²) >= 11 is 0. The smallest absolute Gasteiger partial charge is 0.271 e. The number of hydrogen-bond acceptors (Lipinski definition) is 4. The number of fused-ring (bicyclic) bond motifs is 5. The highest BCUT2D eigenvalue weighted by Gasteiger charge is 2.33. The van der Waals surface area contributed by atoms with Crippen molar-refractivity contribution in [2.75, 3.05) is 26.7 Å². The van der Waals surface area contributed by atoms with E-state index in [1.165, 1.54) is 6.92 Å². The Balaban J connectivity index is 1.93. The Morgan fingerprint density at radius 2 is 1.89 bits per heavy atom. The van der Waals surface area contributed by atoms with Gasteiger partial charge in [0.2, 0.25) is 5.91 Å². The Hall–Kier alpha value is -3.16. The molecule has 186 valence electrons. The van der Waals surface area contributed by atoms with Crippen molar-refractivity contribution in [2.45, 2.75) is 39.5 Å². The molecule has 0 spiro atoms. The van der Waals surface area contributed by atoms with Crippen molar-refractivity contribution in [2.24, 2.45) is 13.0 Å². The molecule has 0 radical (unpaired) electrons. The van der Waals surface area contributed by atoms with Crippen molar-refractivity contribution >= 4 is 22.7 Å². The maximum atomic E-state index is 14.2. The largest absolute Gasteiger partial charge is 0.394 e. The number of nitrogens with zero attached hydrogens (tertiary/aromatic N) is 3. The van der Waals surface area contributed by atoms with E-state index in [0.29, 0.717) is 25.4 Å². The maximum Gasteiger partial charge on any atom is 0.271 e. The SMILES string of the molecule is CC(=O)N(C)C[C@@H]1OCc2ccccc2-c2c(n(C)c3ccccc23)C(=O)N([C@@H](C)CO)C[C@@H]1C. The zero-order chi connectivity index (χ0) is 25.3. The van der Waals surface area contributed by atoms with Gasteiger partial charge in [0.15, 0.2) is 0 Å². The number of ether oxygens (including phenoxy) is 1. The highest BCUT2D eigenvalue weighted by Crippen LogP contribution is 2.38. The number of likely N-dealkylation sites (N-methyl/N-ethyl adjacent to an activating group) is 1. The van der Waals surface area contributed by atoms with E-state index >= 15 is 0 Å². The molecular weight excluding hydrogens is 442 g/mol. The van der Waals surface area contributed by atoms with Crippen LogP contribution >= 0.6 is 0 Å². The van der Waals surface area contributed by atoms with Gasteiger partial charge >= 0.3 is 0 Å². The Morgan fingerprint density at radius 3 is 2.60 bits per heavy atom. The van der Waals surface area contributed by atoms with Gasteiger partial charge in [-0.1, -0.05) is 49.4 Å². The molecule has 7 heteroatoms. The summed E-state index contributed by atoms with van der Waals surface area (Å²) in [4.78, 5) is 29.6. The standard InChI is InChI=1S/C28H35N3O4/c1-18-14-31(19(2)16-32)28(34)27-26(23-12-8-9-13-24(23)30(27)5)22-11-7-6-10-21(22)17-35-25(18)15-29(4)20(3)33/h6-13,18-19,25,32H,14-17H2,1-5H3/t18-,19-,25-/m0/s1. The number of carbonyl (C=O) groups is 2. The van der Waals surface area contributed by atoms with Gasteiger partial charge in [-0.15, -0.1) is 0 Å². The van der Waals surface area contributed by atoms with Crippen LogP contribution < -0.4 is 0 Å². The van der Waals surface area contributed by atoms with Gasteiger partial charge in [-0.05, 0) is 24.1 Å². The molecule has 2 aromatic carbocycles. The van der Waals surface area contributed by atoms with Crippen LogP contribution in [0.2, 0.25) is 0 Å². The van der Waals surface area contributed by atoms with Crippen LogP contribution in [0.15, 0.2) is 48.5 Å². The first-order valence-electron chi connectivity index (χ1n) is 12.1. The molecular formula is C28H35N3O4. The summed E-state index contributed by atoms with van der Waals surface area (Å²) in [5, 5.41) is 11.1. The molecule has 2 amide bonds. The van der Waals surface area contributed by atoms with E-state index in [-0.39, 0.29) is 36.5 Å². The van der Waals surface area contributed by atoms with Gasteiger partial charge < -0.3 is 24.2 Å². The molecule has 35 heavy (non-hydrogen) atoms. The van der Waals surface area contributed by atoms with Crippen molar-refractivity contribution in [1.29, 1.82) is 0 Å². The van der Waals surface area contributed by atoms with Gasteiger partial charge in [0.1, 0.15) is 5.69 Å². The average molecular weight is 478 g/mol. The van der Waals surface area contributed by atoms with Crippen LogP contribution in [0.25, 0.3) is 22.0 Å². The first-order valence-corrected chi connectivity index (χ1v) is 12.1. The Bertz CT molecular complexity index is 1230. The molecule has 0 saturated heterocycles. The lowest BCUT2D eigenvalue weighted by Gasteiger charge is -2.35. The minimum atomic E-state index is -0.377. The van der Waals surface area contributed by atoms with Crippen LogP contribution in [-0.2, 0) is 23.2 Å². The number of carbonyl (C=O) groups excluding carboxylic acids is 2. The average Bonchev–Trinajstić information content (AvgIpc) is 3.15. The second-order valence-corrected chi connectivity index (χ2v) is 9.67. The third-order valence-corrected chi connectivity index (χ3v) is 7.22. The molecule has 1 aliphatic rings. The first-order chi connectivity index (χ1) is 16.7. The van der Waals surface area contributed by atoms with Crippen molar-refractivity contribution in [3.63, 3.8) is 0 Å². The molecule has 3 aromatic rings. The fourth-order valence-electron chi connectivity index (χ4n) is 4.92. The predicted molar refractivity (Wildman–Crippen MR) is 137 cm³/mol. The number of hydrogen-bond donors (Lipinski definition) is 1. The monoisotopic (exact) mass is 477 g/mol. The summed E-state index contributed by atoms with van der Waals surface area (Å²) in [7, 11) is 3.69. The number of aliphatic hydroxyl groups excluding tert-OH is 1. The molecule has 1 N–H and O–H groups in total. The van der Waals surface area contributed by atoms with Gasteiger partial charge in [-0.3, -0.25) is 9.59 Å². The van der Waals surface area contributed by atoms with Crippen molar-refractivity contribution in [3.05, 3.63) is 59.8 Å².